The molecule has 1 amide bonds. The van der Waals surface area contributed by atoms with Crippen LogP contribution >= 0.6 is 0 Å². The van der Waals surface area contributed by atoms with Crippen molar-refractivity contribution in [2.24, 2.45) is 4.99 Å². The van der Waals surface area contributed by atoms with Crippen molar-refractivity contribution < 1.29 is 4.79 Å². The van der Waals surface area contributed by atoms with Gasteiger partial charge in [-0.15, -0.1) is 0 Å². The van der Waals surface area contributed by atoms with E-state index < -0.39 is 0 Å². The van der Waals surface area contributed by atoms with E-state index in [0.717, 1.165) is 38.9 Å². The number of hydrogen-bond donors (Lipinski definition) is 1. The van der Waals surface area contributed by atoms with Crippen LogP contribution in [0.15, 0.2) is 102 Å². The van der Waals surface area contributed by atoms with Gasteiger partial charge in [0.15, 0.2) is 0 Å². The minimum atomic E-state index is -0.343. The summed E-state index contributed by atoms with van der Waals surface area (Å²) in [4.78, 5) is 18.7. The van der Waals surface area contributed by atoms with Crippen LogP contribution < -0.4 is 5.32 Å². The largest absolute Gasteiger partial charge is 0.343 e. The fourth-order valence-corrected chi connectivity index (χ4v) is 4.47. The SMILES string of the molecule is Cc1ccccc1C=NC(c1ccccc1C)C(NC(=O)c1ccccc1C)c1ccccc1C. The van der Waals surface area contributed by atoms with Crippen molar-refractivity contribution in [2.75, 3.05) is 0 Å². The molecule has 0 aliphatic heterocycles. The summed E-state index contributed by atoms with van der Waals surface area (Å²) < 4.78 is 0. The molecular weight excluding hydrogens is 428 g/mol. The van der Waals surface area contributed by atoms with Crippen molar-refractivity contribution in [1.29, 1.82) is 0 Å². The summed E-state index contributed by atoms with van der Waals surface area (Å²) in [5.41, 5.74) is 8.27. The van der Waals surface area contributed by atoms with Gasteiger partial charge in [0.1, 0.15) is 0 Å². The van der Waals surface area contributed by atoms with Crippen LogP contribution in [0.5, 0.6) is 0 Å². The van der Waals surface area contributed by atoms with E-state index in [1.54, 1.807) is 0 Å². The van der Waals surface area contributed by atoms with Crippen LogP contribution in [-0.4, -0.2) is 12.1 Å². The number of aryl methyl sites for hydroxylation is 4. The van der Waals surface area contributed by atoms with Gasteiger partial charge < -0.3 is 5.32 Å². The lowest BCUT2D eigenvalue weighted by molar-refractivity contribution is 0.0930. The first-order valence-corrected chi connectivity index (χ1v) is 12.0. The smallest absolute Gasteiger partial charge is 0.252 e. The molecule has 4 rings (SSSR count). The van der Waals surface area contributed by atoms with Crippen molar-refractivity contribution in [3.63, 3.8) is 0 Å². The number of amides is 1. The molecule has 0 heterocycles. The number of nitrogens with one attached hydrogen (secondary N) is 1. The predicted molar refractivity (Wildman–Crippen MR) is 145 cm³/mol. The third kappa shape index (κ3) is 5.58. The molecule has 35 heavy (non-hydrogen) atoms. The van der Waals surface area contributed by atoms with Crippen LogP contribution in [0, 0.1) is 27.7 Å². The van der Waals surface area contributed by atoms with Gasteiger partial charge >= 0.3 is 0 Å². The number of benzene rings is 4. The zero-order valence-electron chi connectivity index (χ0n) is 20.8. The van der Waals surface area contributed by atoms with Crippen molar-refractivity contribution >= 4 is 12.1 Å². The Hall–Kier alpha value is -3.98. The molecule has 0 saturated heterocycles. The number of nitrogens with zero attached hydrogens (tertiary/aromatic N) is 1. The van der Waals surface area contributed by atoms with Crippen LogP contribution in [-0.2, 0) is 0 Å². The van der Waals surface area contributed by atoms with Crippen molar-refractivity contribution in [3.8, 4) is 0 Å². The molecule has 176 valence electrons. The van der Waals surface area contributed by atoms with Gasteiger partial charge in [0.05, 0.1) is 12.1 Å². The molecule has 0 aliphatic rings. The first-order valence-electron chi connectivity index (χ1n) is 12.0. The molecule has 2 unspecified atom stereocenters. The molecule has 0 radical (unpaired) electrons. The van der Waals surface area contributed by atoms with E-state index in [2.05, 4.69) is 62.5 Å². The van der Waals surface area contributed by atoms with E-state index in [1.165, 1.54) is 0 Å². The van der Waals surface area contributed by atoms with Crippen LogP contribution in [0.1, 0.15) is 61.4 Å². The van der Waals surface area contributed by atoms with Gasteiger partial charge in [-0.3, -0.25) is 9.79 Å². The zero-order chi connectivity index (χ0) is 24.8. The Morgan fingerprint density at radius 3 is 1.77 bits per heavy atom. The topological polar surface area (TPSA) is 41.5 Å². The normalized spacial score (nSPS) is 12.9. The molecule has 2 atom stereocenters. The third-order valence-electron chi connectivity index (χ3n) is 6.59. The molecule has 4 aromatic rings. The lowest BCUT2D eigenvalue weighted by Gasteiger charge is -2.29. The standard InChI is InChI=1S/C32H32N2O/c1-22-13-5-9-17-26(22)21-33-30(27-18-10-6-14-23(27)2)31(28-19-11-7-15-24(28)3)34-32(35)29-20-12-8-16-25(29)4/h5-21,30-31H,1-4H3,(H,34,35). The van der Waals surface area contributed by atoms with Crippen molar-refractivity contribution in [1.82, 2.24) is 5.32 Å². The second-order valence-corrected chi connectivity index (χ2v) is 9.06. The van der Waals surface area contributed by atoms with Crippen LogP contribution in [0.4, 0.5) is 0 Å². The van der Waals surface area contributed by atoms with Crippen LogP contribution in [0.3, 0.4) is 0 Å². The Balaban J connectivity index is 1.85. The van der Waals surface area contributed by atoms with E-state index in [-0.39, 0.29) is 18.0 Å². The monoisotopic (exact) mass is 460 g/mol. The summed E-state index contributed by atoms with van der Waals surface area (Å²) >= 11 is 0. The maximum Gasteiger partial charge on any atom is 0.252 e. The van der Waals surface area contributed by atoms with Crippen molar-refractivity contribution in [2.45, 2.75) is 39.8 Å². The molecule has 0 fully saturated rings. The van der Waals surface area contributed by atoms with E-state index >= 15 is 0 Å². The third-order valence-corrected chi connectivity index (χ3v) is 6.59. The Kier molecular flexibility index (Phi) is 7.57. The first kappa shape index (κ1) is 24.2. The molecule has 1 N–H and O–H groups in total. The van der Waals surface area contributed by atoms with Gasteiger partial charge in [-0.2, -0.15) is 0 Å². The molecule has 3 heteroatoms. The summed E-state index contributed by atoms with van der Waals surface area (Å²) in [7, 11) is 0. The number of carbonyl (C=O) groups is 1. The highest BCUT2D eigenvalue weighted by molar-refractivity contribution is 5.96. The zero-order valence-corrected chi connectivity index (χ0v) is 20.8. The maximum atomic E-state index is 13.5. The fraction of sp³-hybridized carbons (Fsp3) is 0.188. The van der Waals surface area contributed by atoms with Crippen LogP contribution in [0.2, 0.25) is 0 Å². The molecule has 0 spiro atoms. The highest BCUT2D eigenvalue weighted by Gasteiger charge is 2.29. The molecule has 0 bridgehead atoms. The molecule has 3 nitrogen and oxygen atoms in total. The van der Waals surface area contributed by atoms with Gasteiger partial charge in [0.2, 0.25) is 0 Å². The highest BCUT2D eigenvalue weighted by Crippen LogP contribution is 2.36. The Bertz CT molecular complexity index is 1360. The Morgan fingerprint density at radius 2 is 1.17 bits per heavy atom. The van der Waals surface area contributed by atoms with E-state index in [0.29, 0.717) is 5.56 Å². The summed E-state index contributed by atoms with van der Waals surface area (Å²) in [6, 6.07) is 31.8. The van der Waals surface area contributed by atoms with Gasteiger partial charge in [-0.1, -0.05) is 91.0 Å². The Labute approximate surface area is 208 Å². The van der Waals surface area contributed by atoms with E-state index in [1.807, 2.05) is 73.8 Å². The fourth-order valence-electron chi connectivity index (χ4n) is 4.47. The number of rotatable bonds is 7. The van der Waals surface area contributed by atoms with Crippen molar-refractivity contribution in [3.05, 3.63) is 142 Å². The van der Waals surface area contributed by atoms with Gasteiger partial charge in [0.25, 0.3) is 5.91 Å². The molecular formula is C32H32N2O. The minimum absolute atomic E-state index is 0.0963. The molecule has 4 aromatic carbocycles. The first-order chi connectivity index (χ1) is 17.0. The second-order valence-electron chi connectivity index (χ2n) is 9.06. The summed E-state index contributed by atoms with van der Waals surface area (Å²) in [6.45, 7) is 8.24. The summed E-state index contributed by atoms with van der Waals surface area (Å²) in [6.07, 6.45) is 1.94. The number of aliphatic imine (C=N–C) groups is 1. The van der Waals surface area contributed by atoms with Gasteiger partial charge in [-0.25, -0.2) is 0 Å². The highest BCUT2D eigenvalue weighted by atomic mass is 16.1. The lowest BCUT2D eigenvalue weighted by atomic mass is 9.88. The molecule has 0 aliphatic carbocycles. The average Bonchev–Trinajstić information content (AvgIpc) is 2.86. The summed E-state index contributed by atoms with van der Waals surface area (Å²) in [5.74, 6) is -0.0963. The molecule has 0 aromatic heterocycles. The Morgan fingerprint density at radius 1 is 0.657 bits per heavy atom. The minimum Gasteiger partial charge on any atom is -0.343 e. The van der Waals surface area contributed by atoms with E-state index in [4.69, 9.17) is 4.99 Å². The van der Waals surface area contributed by atoms with E-state index in [9.17, 15) is 4.79 Å². The summed E-state index contributed by atoms with van der Waals surface area (Å²) in [5, 5.41) is 3.36. The van der Waals surface area contributed by atoms with Gasteiger partial charge in [0, 0.05) is 11.8 Å². The van der Waals surface area contributed by atoms with Crippen LogP contribution in [0.25, 0.3) is 0 Å². The molecule has 0 saturated carbocycles. The number of carbonyl (C=O) groups excluding carboxylic acids is 1. The number of hydrogen-bond acceptors (Lipinski definition) is 2. The quantitative estimate of drug-likeness (QED) is 0.290. The predicted octanol–water partition coefficient (Wildman–Crippen LogP) is 7.25. The van der Waals surface area contributed by atoms with Gasteiger partial charge in [-0.05, 0) is 72.7 Å². The lowest BCUT2D eigenvalue weighted by Crippen LogP contribution is -2.33. The second kappa shape index (κ2) is 11.0. The average molecular weight is 461 g/mol. The maximum absolute atomic E-state index is 13.5.